The summed E-state index contributed by atoms with van der Waals surface area (Å²) in [6.07, 6.45) is 1.75. The Morgan fingerprint density at radius 3 is 2.80 bits per heavy atom. The van der Waals surface area contributed by atoms with Crippen molar-refractivity contribution in [2.45, 2.75) is 39.3 Å². The maximum atomic E-state index is 12.4. The summed E-state index contributed by atoms with van der Waals surface area (Å²) in [5.74, 6) is 0. The van der Waals surface area contributed by atoms with Crippen LogP contribution in [-0.4, -0.2) is 43.0 Å². The summed E-state index contributed by atoms with van der Waals surface area (Å²) >= 11 is 1.50. The van der Waals surface area contributed by atoms with E-state index in [2.05, 4.69) is 9.71 Å². The lowest BCUT2D eigenvalue weighted by Crippen LogP contribution is -2.53. The third-order valence-corrected chi connectivity index (χ3v) is 5.80. The number of hydrogen-bond acceptors (Lipinski definition) is 5. The minimum Gasteiger partial charge on any atom is -0.373 e. The third-order valence-electron chi connectivity index (χ3n) is 3.07. The highest BCUT2D eigenvalue weighted by molar-refractivity contribution is 7.87. The number of aryl methyl sites for hydroxylation is 1. The number of rotatable bonds is 4. The summed E-state index contributed by atoms with van der Waals surface area (Å²) in [4.78, 5) is 5.29. The van der Waals surface area contributed by atoms with Gasteiger partial charge < -0.3 is 4.74 Å². The highest BCUT2D eigenvalue weighted by atomic mass is 32.2. The van der Waals surface area contributed by atoms with Crippen LogP contribution >= 0.6 is 11.3 Å². The predicted octanol–water partition coefficient (Wildman–Crippen LogP) is 1.46. The molecule has 2 rings (SSSR count). The maximum Gasteiger partial charge on any atom is 0.280 e. The number of ether oxygens (including phenoxy) is 1. The quantitative estimate of drug-likeness (QED) is 0.912. The first-order valence-corrected chi connectivity index (χ1v) is 8.79. The van der Waals surface area contributed by atoms with Crippen LogP contribution < -0.4 is 4.72 Å². The van der Waals surface area contributed by atoms with Gasteiger partial charge >= 0.3 is 0 Å². The van der Waals surface area contributed by atoms with E-state index in [4.69, 9.17) is 4.74 Å². The van der Waals surface area contributed by atoms with Crippen molar-refractivity contribution >= 4 is 21.5 Å². The van der Waals surface area contributed by atoms with Gasteiger partial charge in [0.1, 0.15) is 5.01 Å². The lowest BCUT2D eigenvalue weighted by Gasteiger charge is -2.37. The smallest absolute Gasteiger partial charge is 0.280 e. The van der Waals surface area contributed by atoms with Crippen LogP contribution in [0.15, 0.2) is 6.20 Å². The van der Waals surface area contributed by atoms with E-state index in [0.717, 1.165) is 9.88 Å². The number of thiazole rings is 1. The molecule has 114 valence electrons. The van der Waals surface area contributed by atoms with Gasteiger partial charge in [0.25, 0.3) is 10.2 Å². The molecule has 0 amide bonds. The highest BCUT2D eigenvalue weighted by Gasteiger charge is 2.34. The van der Waals surface area contributed by atoms with Crippen LogP contribution in [0, 0.1) is 6.92 Å². The molecule has 2 heterocycles. The van der Waals surface area contributed by atoms with E-state index < -0.39 is 15.8 Å². The third kappa shape index (κ3) is 3.76. The zero-order valence-corrected chi connectivity index (χ0v) is 13.8. The largest absolute Gasteiger partial charge is 0.373 e. The van der Waals surface area contributed by atoms with Crippen LogP contribution in [0.4, 0.5) is 0 Å². The van der Waals surface area contributed by atoms with Crippen LogP contribution in [-0.2, 0) is 14.9 Å². The van der Waals surface area contributed by atoms with Crippen LogP contribution in [0.25, 0.3) is 0 Å². The molecule has 0 radical (unpaired) electrons. The fraction of sp³-hybridized carbons (Fsp3) is 0.750. The number of aromatic nitrogens is 1. The Hall–Kier alpha value is -0.540. The molecule has 1 N–H and O–H groups in total. The minimum absolute atomic E-state index is 0.329. The number of hydrogen-bond donors (Lipinski definition) is 1. The zero-order valence-electron chi connectivity index (χ0n) is 12.2. The monoisotopic (exact) mass is 319 g/mol. The Labute approximate surface area is 124 Å². The average Bonchev–Trinajstić information content (AvgIpc) is 2.74. The van der Waals surface area contributed by atoms with E-state index >= 15 is 0 Å². The molecule has 0 aromatic carbocycles. The summed E-state index contributed by atoms with van der Waals surface area (Å²) in [6.45, 7) is 8.69. The molecule has 1 aliphatic heterocycles. The van der Waals surface area contributed by atoms with Gasteiger partial charge in [0.05, 0.1) is 18.2 Å². The van der Waals surface area contributed by atoms with E-state index in [9.17, 15) is 8.42 Å². The van der Waals surface area contributed by atoms with Crippen molar-refractivity contribution in [1.29, 1.82) is 0 Å². The minimum atomic E-state index is -3.52. The van der Waals surface area contributed by atoms with Gasteiger partial charge in [0, 0.05) is 24.2 Å². The Morgan fingerprint density at radius 1 is 1.55 bits per heavy atom. The lowest BCUT2D eigenvalue weighted by atomic mass is 10.1. The number of nitrogens with one attached hydrogen (secondary N) is 1. The van der Waals surface area contributed by atoms with Crippen molar-refractivity contribution in [1.82, 2.24) is 14.0 Å². The van der Waals surface area contributed by atoms with E-state index in [1.54, 1.807) is 13.1 Å². The molecule has 1 saturated heterocycles. The Balaban J connectivity index is 2.07. The van der Waals surface area contributed by atoms with E-state index in [-0.39, 0.29) is 6.04 Å². The molecular formula is C12H21N3O3S2. The molecule has 20 heavy (non-hydrogen) atoms. The van der Waals surface area contributed by atoms with Crippen molar-refractivity contribution in [3.63, 3.8) is 0 Å². The number of nitrogens with zero attached hydrogens (tertiary/aromatic N) is 2. The second kappa shape index (κ2) is 5.69. The fourth-order valence-electron chi connectivity index (χ4n) is 2.10. The molecule has 1 atom stereocenters. The van der Waals surface area contributed by atoms with E-state index in [1.165, 1.54) is 15.6 Å². The highest BCUT2D eigenvalue weighted by Crippen LogP contribution is 2.22. The zero-order chi connectivity index (χ0) is 15.0. The van der Waals surface area contributed by atoms with Crippen molar-refractivity contribution in [3.05, 3.63) is 16.1 Å². The molecule has 1 unspecified atom stereocenters. The van der Waals surface area contributed by atoms with Gasteiger partial charge in [-0.25, -0.2) is 4.98 Å². The molecule has 1 aromatic rings. The molecule has 8 heteroatoms. The van der Waals surface area contributed by atoms with Gasteiger partial charge in [0.2, 0.25) is 0 Å². The molecular weight excluding hydrogens is 298 g/mol. The van der Waals surface area contributed by atoms with Crippen molar-refractivity contribution in [3.8, 4) is 0 Å². The molecule has 0 aliphatic carbocycles. The first-order chi connectivity index (χ1) is 9.20. The van der Waals surface area contributed by atoms with Crippen LogP contribution in [0.1, 0.15) is 36.7 Å². The van der Waals surface area contributed by atoms with Crippen molar-refractivity contribution in [2.24, 2.45) is 0 Å². The summed E-state index contributed by atoms with van der Waals surface area (Å²) in [5.41, 5.74) is -0.450. The SMILES string of the molecule is Cc1cnc(C(C)NS(=O)(=O)N2CCOC(C)(C)C2)s1. The van der Waals surface area contributed by atoms with Gasteiger partial charge in [-0.05, 0) is 27.7 Å². The molecule has 6 nitrogen and oxygen atoms in total. The van der Waals surface area contributed by atoms with E-state index in [0.29, 0.717) is 19.7 Å². The van der Waals surface area contributed by atoms with Crippen molar-refractivity contribution < 1.29 is 13.2 Å². The lowest BCUT2D eigenvalue weighted by molar-refractivity contribution is -0.0643. The van der Waals surface area contributed by atoms with Gasteiger partial charge in [-0.1, -0.05) is 0 Å². The molecule has 0 saturated carbocycles. The Bertz CT molecular complexity index is 568. The molecule has 1 aromatic heterocycles. The molecule has 0 spiro atoms. The van der Waals surface area contributed by atoms with Crippen LogP contribution in [0.3, 0.4) is 0 Å². The fourth-order valence-corrected chi connectivity index (χ4v) is 4.45. The number of morpholine rings is 1. The van der Waals surface area contributed by atoms with Gasteiger partial charge in [-0.3, -0.25) is 0 Å². The second-order valence-electron chi connectivity index (χ2n) is 5.60. The van der Waals surface area contributed by atoms with Gasteiger partial charge in [0.15, 0.2) is 0 Å². The molecule has 0 bridgehead atoms. The van der Waals surface area contributed by atoms with E-state index in [1.807, 2.05) is 20.8 Å². The normalized spacial score (nSPS) is 21.8. The van der Waals surface area contributed by atoms with Crippen molar-refractivity contribution in [2.75, 3.05) is 19.7 Å². The Kier molecular flexibility index (Phi) is 4.50. The average molecular weight is 319 g/mol. The first-order valence-electron chi connectivity index (χ1n) is 6.53. The summed E-state index contributed by atoms with van der Waals surface area (Å²) < 4.78 is 34.5. The Morgan fingerprint density at radius 2 is 2.25 bits per heavy atom. The molecule has 1 fully saturated rings. The van der Waals surface area contributed by atoms with Crippen LogP contribution in [0.2, 0.25) is 0 Å². The topological polar surface area (TPSA) is 71.5 Å². The first kappa shape index (κ1) is 15.8. The second-order valence-corrected chi connectivity index (χ2v) is 8.56. The summed E-state index contributed by atoms with van der Waals surface area (Å²) in [5, 5.41) is 0.776. The van der Waals surface area contributed by atoms with Crippen LogP contribution in [0.5, 0.6) is 0 Å². The standard InChI is InChI=1S/C12H21N3O3S2/c1-9-7-13-11(19-9)10(2)14-20(16,17)15-5-6-18-12(3,4)8-15/h7,10,14H,5-6,8H2,1-4H3. The molecule has 1 aliphatic rings. The van der Waals surface area contributed by atoms with Gasteiger partial charge in [-0.2, -0.15) is 17.4 Å². The predicted molar refractivity (Wildman–Crippen MR) is 78.9 cm³/mol. The van der Waals surface area contributed by atoms with Gasteiger partial charge in [-0.15, -0.1) is 11.3 Å². The summed E-state index contributed by atoms with van der Waals surface area (Å²) in [6, 6.07) is -0.329. The maximum absolute atomic E-state index is 12.4. The summed E-state index contributed by atoms with van der Waals surface area (Å²) in [7, 11) is -3.52.